The van der Waals surface area contributed by atoms with Crippen molar-refractivity contribution in [3.63, 3.8) is 0 Å². The number of carboxylic acid groups (broad SMARTS) is 1. The molecule has 0 aromatic carbocycles. The van der Waals surface area contributed by atoms with Crippen molar-refractivity contribution in [2.24, 2.45) is 17.2 Å². The first-order valence-electron chi connectivity index (χ1n) is 14.3. The molecule has 2 aliphatic heterocycles. The number of carbonyl (C=O) groups is 7. The molecule has 6 amide bonds. The van der Waals surface area contributed by atoms with E-state index in [4.69, 9.17) is 22.3 Å². The molecule has 16 heteroatoms. The molecule has 0 bridgehead atoms. The predicted octanol–water partition coefficient (Wildman–Crippen LogP) is -3.12. The van der Waals surface area contributed by atoms with Gasteiger partial charge in [0.05, 0.1) is 6.54 Å². The number of likely N-dealkylation sites (tertiary alicyclic amines) is 2. The van der Waals surface area contributed by atoms with Gasteiger partial charge >= 0.3 is 5.97 Å². The summed E-state index contributed by atoms with van der Waals surface area (Å²) in [6, 6.07) is -4.88. The molecule has 42 heavy (non-hydrogen) atoms. The smallest absolute Gasteiger partial charge is 0.303 e. The molecule has 0 saturated carbocycles. The minimum atomic E-state index is -1.18. The molecular weight excluding hydrogens is 552 g/mol. The van der Waals surface area contributed by atoms with Gasteiger partial charge in [0, 0.05) is 19.5 Å². The van der Waals surface area contributed by atoms with E-state index in [0.29, 0.717) is 45.1 Å². The number of nitrogens with two attached hydrogens (primary N) is 3. The molecule has 2 rings (SSSR count). The Labute approximate surface area is 244 Å². The Morgan fingerprint density at radius 1 is 0.810 bits per heavy atom. The van der Waals surface area contributed by atoms with Crippen LogP contribution in [0.15, 0.2) is 0 Å². The molecule has 0 aromatic heterocycles. The van der Waals surface area contributed by atoms with Crippen LogP contribution in [-0.2, 0) is 33.6 Å². The molecular formula is C26H44N8O8. The number of nitrogens with one attached hydrogen (secondary N) is 3. The maximum atomic E-state index is 13.7. The largest absolute Gasteiger partial charge is 0.481 e. The normalized spacial score (nSPS) is 20.4. The molecule has 0 unspecified atom stereocenters. The summed E-state index contributed by atoms with van der Waals surface area (Å²) in [4.78, 5) is 90.4. The summed E-state index contributed by atoms with van der Waals surface area (Å²) < 4.78 is 0. The third-order valence-corrected chi connectivity index (χ3v) is 7.49. The fourth-order valence-electron chi connectivity index (χ4n) is 5.18. The third-order valence-electron chi connectivity index (χ3n) is 7.49. The first-order valence-corrected chi connectivity index (χ1v) is 14.3. The van der Waals surface area contributed by atoms with Crippen molar-refractivity contribution >= 4 is 41.4 Å². The summed E-state index contributed by atoms with van der Waals surface area (Å²) >= 11 is 0. The van der Waals surface area contributed by atoms with Gasteiger partial charge in [-0.25, -0.2) is 0 Å². The highest BCUT2D eigenvalue weighted by Crippen LogP contribution is 2.23. The van der Waals surface area contributed by atoms with Crippen molar-refractivity contribution in [2.75, 3.05) is 26.2 Å². The second-order valence-electron chi connectivity index (χ2n) is 10.6. The van der Waals surface area contributed by atoms with Crippen LogP contribution in [0, 0.1) is 0 Å². The molecule has 0 aromatic rings. The van der Waals surface area contributed by atoms with Gasteiger partial charge in [-0.15, -0.1) is 0 Å². The van der Waals surface area contributed by atoms with Crippen molar-refractivity contribution in [2.45, 2.75) is 94.9 Å². The van der Waals surface area contributed by atoms with Gasteiger partial charge in [0.25, 0.3) is 0 Å². The summed E-state index contributed by atoms with van der Waals surface area (Å²) in [6.07, 6.45) is 2.52. The molecule has 2 fully saturated rings. The average molecular weight is 597 g/mol. The van der Waals surface area contributed by atoms with E-state index in [0.717, 1.165) is 0 Å². The highest BCUT2D eigenvalue weighted by Gasteiger charge is 2.41. The Hall–Kier alpha value is -3.79. The summed E-state index contributed by atoms with van der Waals surface area (Å²) in [5, 5.41) is 16.8. The molecule has 0 radical (unpaired) electrons. The molecule has 0 spiro atoms. The van der Waals surface area contributed by atoms with E-state index in [9.17, 15) is 33.6 Å². The first kappa shape index (κ1) is 34.4. The van der Waals surface area contributed by atoms with Gasteiger partial charge < -0.3 is 48.1 Å². The topological polar surface area (TPSA) is 260 Å². The average Bonchev–Trinajstić information content (AvgIpc) is 3.64. The summed E-state index contributed by atoms with van der Waals surface area (Å²) in [5.41, 5.74) is 16.2. The second-order valence-corrected chi connectivity index (χ2v) is 10.6. The highest BCUT2D eigenvalue weighted by atomic mass is 16.4. The standard InChI is InChI=1S/C26H44N8O8/c1-15(22(29)38)30-23(39)18-7-4-12-33(18)25(41)16(6-2-3-11-27)32-24(40)19-8-5-13-34(19)26(42)17(9-10-21(36)37)31-20(35)14-28/h15-19H,2-14,27-28H2,1H3,(H2,29,38)(H,30,39)(H,31,35)(H,32,40)(H,36,37)/t15-,16-,17-,18-,19-/m0/s1. The van der Waals surface area contributed by atoms with Crippen molar-refractivity contribution in [1.29, 1.82) is 0 Å². The number of rotatable bonds is 16. The Morgan fingerprint density at radius 2 is 1.33 bits per heavy atom. The lowest BCUT2D eigenvalue weighted by Gasteiger charge is -2.32. The highest BCUT2D eigenvalue weighted by molar-refractivity contribution is 5.97. The minimum Gasteiger partial charge on any atom is -0.481 e. The number of carboxylic acids is 1. The SMILES string of the molecule is C[C@H](NC(=O)[C@@H]1CCCN1C(=O)[C@H](CCCCN)NC(=O)[C@@H]1CCCN1C(=O)[C@H](CCC(=O)O)NC(=O)CN)C(N)=O. The third kappa shape index (κ3) is 9.65. The fourth-order valence-corrected chi connectivity index (χ4v) is 5.18. The number of nitrogens with zero attached hydrogens (tertiary/aromatic N) is 2. The zero-order chi connectivity index (χ0) is 31.4. The quantitative estimate of drug-likeness (QED) is 0.0881. The number of primary amides is 1. The summed E-state index contributed by atoms with van der Waals surface area (Å²) in [7, 11) is 0. The van der Waals surface area contributed by atoms with Crippen LogP contribution in [0.2, 0.25) is 0 Å². The van der Waals surface area contributed by atoms with Crippen molar-refractivity contribution < 1.29 is 38.7 Å². The van der Waals surface area contributed by atoms with Crippen LogP contribution in [0.25, 0.3) is 0 Å². The predicted molar refractivity (Wildman–Crippen MR) is 149 cm³/mol. The van der Waals surface area contributed by atoms with Crippen LogP contribution in [-0.4, -0.2) is 113 Å². The Morgan fingerprint density at radius 3 is 1.81 bits per heavy atom. The molecule has 2 heterocycles. The monoisotopic (exact) mass is 596 g/mol. The number of carbonyl (C=O) groups excluding carboxylic acids is 6. The maximum absolute atomic E-state index is 13.7. The molecule has 236 valence electrons. The fraction of sp³-hybridized carbons (Fsp3) is 0.731. The maximum Gasteiger partial charge on any atom is 0.303 e. The van der Waals surface area contributed by atoms with E-state index in [-0.39, 0.29) is 32.4 Å². The second kappa shape index (κ2) is 16.6. The molecule has 2 saturated heterocycles. The lowest BCUT2D eigenvalue weighted by molar-refractivity contribution is -0.145. The Kier molecular flexibility index (Phi) is 13.6. The first-order chi connectivity index (χ1) is 19.9. The van der Waals surface area contributed by atoms with Crippen LogP contribution >= 0.6 is 0 Å². The van der Waals surface area contributed by atoms with Crippen molar-refractivity contribution in [3.05, 3.63) is 0 Å². The summed E-state index contributed by atoms with van der Waals surface area (Å²) in [6.45, 7) is 1.91. The van der Waals surface area contributed by atoms with Crippen LogP contribution in [0.1, 0.15) is 64.7 Å². The summed E-state index contributed by atoms with van der Waals surface area (Å²) in [5.74, 6) is -4.66. The number of unbranched alkanes of at least 4 members (excludes halogenated alkanes) is 1. The molecule has 2 aliphatic rings. The van der Waals surface area contributed by atoms with Gasteiger partial charge in [-0.2, -0.15) is 0 Å². The van der Waals surface area contributed by atoms with Crippen LogP contribution in [0.5, 0.6) is 0 Å². The van der Waals surface area contributed by atoms with Crippen molar-refractivity contribution in [3.8, 4) is 0 Å². The van der Waals surface area contributed by atoms with Gasteiger partial charge in [0.15, 0.2) is 0 Å². The number of aliphatic carboxylic acids is 1. The van der Waals surface area contributed by atoms with Crippen LogP contribution in [0.3, 0.4) is 0 Å². The van der Waals surface area contributed by atoms with Crippen LogP contribution < -0.4 is 33.2 Å². The zero-order valence-corrected chi connectivity index (χ0v) is 24.0. The van der Waals surface area contributed by atoms with Gasteiger partial charge in [-0.3, -0.25) is 33.6 Å². The van der Waals surface area contributed by atoms with E-state index in [1.165, 1.54) is 16.7 Å². The lowest BCUT2D eigenvalue weighted by atomic mass is 10.1. The number of amides is 6. The van der Waals surface area contributed by atoms with Gasteiger partial charge in [0.2, 0.25) is 35.4 Å². The van der Waals surface area contributed by atoms with Crippen LogP contribution in [0.4, 0.5) is 0 Å². The number of hydrogen-bond donors (Lipinski definition) is 7. The molecule has 0 aliphatic carbocycles. The zero-order valence-electron chi connectivity index (χ0n) is 24.0. The van der Waals surface area contributed by atoms with Crippen molar-refractivity contribution in [1.82, 2.24) is 25.8 Å². The van der Waals surface area contributed by atoms with E-state index in [2.05, 4.69) is 16.0 Å². The lowest BCUT2D eigenvalue weighted by Crippen LogP contribution is -2.58. The molecule has 16 nitrogen and oxygen atoms in total. The number of hydrogen-bond acceptors (Lipinski definition) is 9. The Balaban J connectivity index is 2.19. The molecule has 10 N–H and O–H groups in total. The van der Waals surface area contributed by atoms with E-state index in [1.807, 2.05) is 0 Å². The van der Waals surface area contributed by atoms with Gasteiger partial charge in [-0.05, 0) is 64.8 Å². The van der Waals surface area contributed by atoms with E-state index in [1.54, 1.807) is 0 Å². The van der Waals surface area contributed by atoms with E-state index < -0.39 is 78.2 Å². The van der Waals surface area contributed by atoms with Gasteiger partial charge in [-0.1, -0.05) is 0 Å². The van der Waals surface area contributed by atoms with E-state index >= 15 is 0 Å². The Bertz CT molecular complexity index is 1020. The van der Waals surface area contributed by atoms with Gasteiger partial charge in [0.1, 0.15) is 30.2 Å². The molecule has 5 atom stereocenters. The minimum absolute atomic E-state index is 0.183.